The van der Waals surface area contributed by atoms with Crippen LogP contribution in [0.25, 0.3) is 10.9 Å². The Kier molecular flexibility index (Phi) is 2.52. The smallest absolute Gasteiger partial charge is 0.340 e. The average molecular weight is 268 g/mol. The molecule has 3 nitrogen and oxygen atoms in total. The maximum absolute atomic E-state index is 11.5. The Hall–Kier alpha value is -1.29. The Bertz CT molecular complexity index is 531. The zero-order valence-corrected chi connectivity index (χ0v) is 10.0. The molecule has 1 N–H and O–H groups in total. The van der Waals surface area contributed by atoms with Crippen molar-refractivity contribution in [3.63, 3.8) is 0 Å². The number of aryl methyl sites for hydroxylation is 1. The minimum atomic E-state index is -0.326. The van der Waals surface area contributed by atoms with Gasteiger partial charge in [0.2, 0.25) is 0 Å². The SMILES string of the molecule is COC(=O)c1c[nH]c2ccc(C)c(Br)c12. The maximum Gasteiger partial charge on any atom is 0.340 e. The summed E-state index contributed by atoms with van der Waals surface area (Å²) in [7, 11) is 1.38. The fourth-order valence-electron chi connectivity index (χ4n) is 1.56. The van der Waals surface area contributed by atoms with Gasteiger partial charge in [-0.25, -0.2) is 4.79 Å². The van der Waals surface area contributed by atoms with Crippen LogP contribution in [-0.2, 0) is 4.74 Å². The van der Waals surface area contributed by atoms with Gasteiger partial charge in [-0.15, -0.1) is 0 Å². The van der Waals surface area contributed by atoms with Crippen molar-refractivity contribution in [3.8, 4) is 0 Å². The summed E-state index contributed by atoms with van der Waals surface area (Å²) in [6.07, 6.45) is 1.67. The second-order valence-electron chi connectivity index (χ2n) is 3.31. The minimum Gasteiger partial charge on any atom is -0.465 e. The van der Waals surface area contributed by atoms with Crippen LogP contribution in [0.2, 0.25) is 0 Å². The number of aromatic amines is 1. The zero-order chi connectivity index (χ0) is 11.0. The number of hydrogen-bond donors (Lipinski definition) is 1. The third-order valence-corrected chi connectivity index (χ3v) is 3.40. The molecule has 1 heterocycles. The summed E-state index contributed by atoms with van der Waals surface area (Å²) >= 11 is 3.48. The monoisotopic (exact) mass is 267 g/mol. The van der Waals surface area contributed by atoms with Crippen molar-refractivity contribution in [3.05, 3.63) is 33.9 Å². The number of nitrogens with one attached hydrogen (secondary N) is 1. The van der Waals surface area contributed by atoms with Gasteiger partial charge in [-0.05, 0) is 34.5 Å². The van der Waals surface area contributed by atoms with Crippen LogP contribution in [0.3, 0.4) is 0 Å². The van der Waals surface area contributed by atoms with E-state index >= 15 is 0 Å². The van der Waals surface area contributed by atoms with Gasteiger partial charge in [-0.1, -0.05) is 6.07 Å². The van der Waals surface area contributed by atoms with E-state index in [0.717, 1.165) is 20.9 Å². The van der Waals surface area contributed by atoms with E-state index in [1.807, 2.05) is 19.1 Å². The molecule has 15 heavy (non-hydrogen) atoms. The molecule has 78 valence electrons. The summed E-state index contributed by atoms with van der Waals surface area (Å²) < 4.78 is 5.65. The summed E-state index contributed by atoms with van der Waals surface area (Å²) in [4.78, 5) is 14.5. The quantitative estimate of drug-likeness (QED) is 0.808. The molecule has 0 atom stereocenters. The van der Waals surface area contributed by atoms with Gasteiger partial charge in [0.25, 0.3) is 0 Å². The highest BCUT2D eigenvalue weighted by molar-refractivity contribution is 9.10. The molecule has 0 spiro atoms. The van der Waals surface area contributed by atoms with Gasteiger partial charge in [0.1, 0.15) is 0 Å². The number of methoxy groups -OCH3 is 1. The van der Waals surface area contributed by atoms with Crippen LogP contribution in [0.1, 0.15) is 15.9 Å². The molecule has 0 bridgehead atoms. The number of benzene rings is 1. The summed E-state index contributed by atoms with van der Waals surface area (Å²) in [6.45, 7) is 1.98. The lowest BCUT2D eigenvalue weighted by atomic mass is 10.1. The van der Waals surface area contributed by atoms with E-state index in [1.54, 1.807) is 6.20 Å². The molecule has 2 aromatic rings. The van der Waals surface area contributed by atoms with Gasteiger partial charge in [-0.3, -0.25) is 0 Å². The molecule has 0 saturated carbocycles. The highest BCUT2D eigenvalue weighted by Gasteiger charge is 2.15. The topological polar surface area (TPSA) is 42.1 Å². The minimum absolute atomic E-state index is 0.326. The maximum atomic E-state index is 11.5. The lowest BCUT2D eigenvalue weighted by Gasteiger charge is -2.02. The molecule has 0 amide bonds. The van der Waals surface area contributed by atoms with Crippen LogP contribution in [0.4, 0.5) is 0 Å². The summed E-state index contributed by atoms with van der Waals surface area (Å²) in [5.41, 5.74) is 2.57. The van der Waals surface area contributed by atoms with Crippen molar-refractivity contribution >= 4 is 32.8 Å². The first-order valence-corrected chi connectivity index (χ1v) is 5.29. The fourth-order valence-corrected chi connectivity index (χ4v) is 2.12. The average Bonchev–Trinajstić information content (AvgIpc) is 2.67. The predicted molar refractivity (Wildman–Crippen MR) is 62.1 cm³/mol. The highest BCUT2D eigenvalue weighted by atomic mass is 79.9. The third-order valence-electron chi connectivity index (χ3n) is 2.38. The number of aromatic nitrogens is 1. The van der Waals surface area contributed by atoms with Crippen LogP contribution in [0.15, 0.2) is 22.8 Å². The van der Waals surface area contributed by atoms with Crippen molar-refractivity contribution in [2.24, 2.45) is 0 Å². The number of halogens is 1. The number of fused-ring (bicyclic) bond motifs is 1. The number of hydrogen-bond acceptors (Lipinski definition) is 2. The van der Waals surface area contributed by atoms with Crippen LogP contribution in [0.5, 0.6) is 0 Å². The molecule has 1 aromatic heterocycles. The second kappa shape index (κ2) is 3.70. The predicted octanol–water partition coefficient (Wildman–Crippen LogP) is 3.03. The van der Waals surface area contributed by atoms with Crippen LogP contribution < -0.4 is 0 Å². The first-order valence-electron chi connectivity index (χ1n) is 4.49. The Morgan fingerprint density at radius 3 is 2.87 bits per heavy atom. The molecule has 0 aliphatic heterocycles. The molecule has 0 saturated heterocycles. The largest absolute Gasteiger partial charge is 0.465 e. The summed E-state index contributed by atoms with van der Waals surface area (Å²) in [6, 6.07) is 3.94. The molecular formula is C11H10BrNO2. The summed E-state index contributed by atoms with van der Waals surface area (Å²) in [5, 5.41) is 0.877. The number of H-pyrrole nitrogens is 1. The van der Waals surface area contributed by atoms with Crippen molar-refractivity contribution in [2.75, 3.05) is 7.11 Å². The van der Waals surface area contributed by atoms with E-state index in [4.69, 9.17) is 4.74 Å². The first kappa shape index (κ1) is 10.2. The molecule has 0 aliphatic carbocycles. The first-order chi connectivity index (χ1) is 7.15. The van der Waals surface area contributed by atoms with E-state index in [1.165, 1.54) is 7.11 Å². The van der Waals surface area contributed by atoms with Gasteiger partial charge < -0.3 is 9.72 Å². The number of rotatable bonds is 1. The molecule has 0 radical (unpaired) electrons. The number of carbonyl (C=O) groups is 1. The van der Waals surface area contributed by atoms with Gasteiger partial charge in [0.05, 0.1) is 12.7 Å². The van der Waals surface area contributed by atoms with E-state index in [0.29, 0.717) is 5.56 Å². The normalized spacial score (nSPS) is 10.6. The molecule has 2 rings (SSSR count). The lowest BCUT2D eigenvalue weighted by molar-refractivity contribution is 0.0603. The second-order valence-corrected chi connectivity index (χ2v) is 4.11. The van der Waals surface area contributed by atoms with E-state index in [2.05, 4.69) is 20.9 Å². The third kappa shape index (κ3) is 1.55. The van der Waals surface area contributed by atoms with Gasteiger partial charge in [0, 0.05) is 21.6 Å². The Balaban J connectivity index is 2.77. The Labute approximate surface area is 95.6 Å². The molecule has 4 heteroatoms. The van der Waals surface area contributed by atoms with Gasteiger partial charge in [0.15, 0.2) is 0 Å². The molecule has 0 unspecified atom stereocenters. The number of carbonyl (C=O) groups excluding carboxylic acids is 1. The molecule has 1 aromatic carbocycles. The Morgan fingerprint density at radius 1 is 1.47 bits per heavy atom. The fraction of sp³-hybridized carbons (Fsp3) is 0.182. The molecule has 0 fully saturated rings. The zero-order valence-electron chi connectivity index (χ0n) is 8.43. The molecule has 0 aliphatic rings. The van der Waals surface area contributed by atoms with Crippen LogP contribution in [-0.4, -0.2) is 18.1 Å². The van der Waals surface area contributed by atoms with Crippen LogP contribution >= 0.6 is 15.9 Å². The lowest BCUT2D eigenvalue weighted by Crippen LogP contribution is -1.99. The van der Waals surface area contributed by atoms with Crippen molar-refractivity contribution < 1.29 is 9.53 Å². The number of esters is 1. The Morgan fingerprint density at radius 2 is 2.20 bits per heavy atom. The van der Waals surface area contributed by atoms with Crippen LogP contribution in [0, 0.1) is 6.92 Å². The van der Waals surface area contributed by atoms with E-state index in [-0.39, 0.29) is 5.97 Å². The van der Waals surface area contributed by atoms with E-state index in [9.17, 15) is 4.79 Å². The van der Waals surface area contributed by atoms with Crippen molar-refractivity contribution in [1.82, 2.24) is 4.98 Å². The highest BCUT2D eigenvalue weighted by Crippen LogP contribution is 2.30. The summed E-state index contributed by atoms with van der Waals surface area (Å²) in [5.74, 6) is -0.326. The van der Waals surface area contributed by atoms with Gasteiger partial charge >= 0.3 is 5.97 Å². The van der Waals surface area contributed by atoms with Gasteiger partial charge in [-0.2, -0.15) is 0 Å². The van der Waals surface area contributed by atoms with Crippen molar-refractivity contribution in [1.29, 1.82) is 0 Å². The number of ether oxygens (including phenoxy) is 1. The van der Waals surface area contributed by atoms with E-state index < -0.39 is 0 Å². The van der Waals surface area contributed by atoms with Crippen molar-refractivity contribution in [2.45, 2.75) is 6.92 Å². The standard InChI is InChI=1S/C11H10BrNO2/c1-6-3-4-8-9(10(6)12)7(5-13-8)11(14)15-2/h3-5,13H,1-2H3. The molecular weight excluding hydrogens is 258 g/mol.